The number of halogens is 2. The summed E-state index contributed by atoms with van der Waals surface area (Å²) < 4.78 is 28.5. The molecule has 2 atom stereocenters. The summed E-state index contributed by atoms with van der Waals surface area (Å²) in [4.78, 5) is 0. The second kappa shape index (κ2) is 6.59. The number of nitrogens with zero attached hydrogens (tertiary/aromatic N) is 3. The van der Waals surface area contributed by atoms with Crippen LogP contribution in [0.3, 0.4) is 0 Å². The minimum atomic E-state index is -0.781. The van der Waals surface area contributed by atoms with Gasteiger partial charge in [-0.15, -0.1) is 5.10 Å². The van der Waals surface area contributed by atoms with E-state index in [-0.39, 0.29) is 5.92 Å². The first kappa shape index (κ1) is 15.7. The van der Waals surface area contributed by atoms with E-state index in [1.165, 1.54) is 12.1 Å². The molecule has 0 bridgehead atoms. The maximum Gasteiger partial charge on any atom is 0.159 e. The minimum Gasteiger partial charge on any atom is -0.317 e. The third-order valence-corrected chi connectivity index (χ3v) is 5.48. The van der Waals surface area contributed by atoms with Crippen molar-refractivity contribution in [3.05, 3.63) is 47.3 Å². The van der Waals surface area contributed by atoms with Crippen LogP contribution < -0.4 is 5.32 Å². The lowest BCUT2D eigenvalue weighted by atomic mass is 9.95. The Morgan fingerprint density at radius 3 is 2.62 bits per heavy atom. The van der Waals surface area contributed by atoms with E-state index in [0.717, 1.165) is 56.5 Å². The molecule has 1 aliphatic carbocycles. The molecule has 128 valence electrons. The van der Waals surface area contributed by atoms with E-state index in [4.69, 9.17) is 0 Å². The molecule has 1 aliphatic heterocycles. The Hall–Kier alpha value is -1.82. The molecule has 24 heavy (non-hydrogen) atoms. The molecule has 2 heterocycles. The smallest absolute Gasteiger partial charge is 0.159 e. The number of rotatable bonds is 3. The number of nitrogens with one attached hydrogen (secondary N) is 1. The maximum absolute atomic E-state index is 13.5. The molecule has 2 aromatic rings. The summed E-state index contributed by atoms with van der Waals surface area (Å²) in [6.45, 7) is 2.08. The van der Waals surface area contributed by atoms with Gasteiger partial charge in [-0.1, -0.05) is 11.3 Å². The molecule has 1 N–H and O–H groups in total. The van der Waals surface area contributed by atoms with Gasteiger partial charge in [0.2, 0.25) is 0 Å². The fourth-order valence-corrected chi connectivity index (χ4v) is 4.04. The van der Waals surface area contributed by atoms with Gasteiger partial charge in [0.05, 0.1) is 11.7 Å². The summed E-state index contributed by atoms with van der Waals surface area (Å²) in [7, 11) is 0. The first-order chi connectivity index (χ1) is 11.7. The Kier molecular flexibility index (Phi) is 4.31. The van der Waals surface area contributed by atoms with E-state index in [1.807, 2.05) is 4.68 Å². The highest BCUT2D eigenvalue weighted by atomic mass is 19.2. The van der Waals surface area contributed by atoms with Gasteiger partial charge in [-0.05, 0) is 68.8 Å². The van der Waals surface area contributed by atoms with Crippen molar-refractivity contribution in [1.82, 2.24) is 20.3 Å². The molecule has 4 nitrogen and oxygen atoms in total. The van der Waals surface area contributed by atoms with Gasteiger partial charge in [0, 0.05) is 12.1 Å². The van der Waals surface area contributed by atoms with Gasteiger partial charge in [0.1, 0.15) is 0 Å². The fourth-order valence-electron chi connectivity index (χ4n) is 4.04. The highest BCUT2D eigenvalue weighted by Crippen LogP contribution is 2.41. The summed E-state index contributed by atoms with van der Waals surface area (Å²) in [6.07, 6.45) is 7.19. The van der Waals surface area contributed by atoms with Crippen LogP contribution in [0.2, 0.25) is 0 Å². The normalized spacial score (nSPS) is 25.2. The number of piperidine rings is 1. The molecule has 2 aliphatic rings. The van der Waals surface area contributed by atoms with Gasteiger partial charge in [0.25, 0.3) is 0 Å². The molecule has 2 fully saturated rings. The summed E-state index contributed by atoms with van der Waals surface area (Å²) in [5.74, 6) is -0.777. The molecule has 1 saturated heterocycles. The van der Waals surface area contributed by atoms with Crippen molar-refractivity contribution in [3.8, 4) is 0 Å². The maximum atomic E-state index is 13.5. The van der Waals surface area contributed by atoms with Crippen molar-refractivity contribution in [2.24, 2.45) is 0 Å². The van der Waals surface area contributed by atoms with Crippen molar-refractivity contribution in [2.75, 3.05) is 13.1 Å². The van der Waals surface area contributed by atoms with Crippen LogP contribution in [0, 0.1) is 11.6 Å². The molecule has 1 aromatic heterocycles. The average Bonchev–Trinajstić information content (AvgIpc) is 3.27. The number of hydrogen-bond acceptors (Lipinski definition) is 3. The van der Waals surface area contributed by atoms with Crippen molar-refractivity contribution < 1.29 is 8.78 Å². The van der Waals surface area contributed by atoms with Crippen LogP contribution in [0.5, 0.6) is 0 Å². The van der Waals surface area contributed by atoms with Crippen LogP contribution in [0.4, 0.5) is 8.78 Å². The van der Waals surface area contributed by atoms with Gasteiger partial charge in [-0.3, -0.25) is 0 Å². The topological polar surface area (TPSA) is 42.7 Å². The van der Waals surface area contributed by atoms with E-state index in [0.29, 0.717) is 12.0 Å². The minimum absolute atomic E-state index is 0.261. The second-order valence-electron chi connectivity index (χ2n) is 6.99. The van der Waals surface area contributed by atoms with Gasteiger partial charge >= 0.3 is 0 Å². The number of hydrogen-bond donors (Lipinski definition) is 1. The van der Waals surface area contributed by atoms with Crippen LogP contribution >= 0.6 is 0 Å². The number of benzene rings is 1. The zero-order valence-electron chi connectivity index (χ0n) is 13.6. The average molecular weight is 332 g/mol. The molecule has 1 saturated carbocycles. The molecule has 6 heteroatoms. The van der Waals surface area contributed by atoms with Crippen LogP contribution in [-0.4, -0.2) is 28.1 Å². The Balaban J connectivity index is 1.44. The van der Waals surface area contributed by atoms with Gasteiger partial charge in [0.15, 0.2) is 11.6 Å². The zero-order valence-corrected chi connectivity index (χ0v) is 13.6. The molecule has 0 amide bonds. The lowest BCUT2D eigenvalue weighted by Crippen LogP contribution is -2.26. The van der Waals surface area contributed by atoms with Crippen molar-refractivity contribution >= 4 is 0 Å². The summed E-state index contributed by atoms with van der Waals surface area (Å²) in [5, 5.41) is 12.1. The zero-order chi connectivity index (χ0) is 16.5. The van der Waals surface area contributed by atoms with E-state index in [2.05, 4.69) is 21.8 Å². The van der Waals surface area contributed by atoms with Crippen LogP contribution in [-0.2, 0) is 0 Å². The predicted molar refractivity (Wildman–Crippen MR) is 86.9 cm³/mol. The first-order valence-corrected chi connectivity index (χ1v) is 8.78. The molecule has 2 unspecified atom stereocenters. The Bertz CT molecular complexity index is 709. The Morgan fingerprint density at radius 1 is 1.00 bits per heavy atom. The van der Waals surface area contributed by atoms with E-state index in [1.54, 1.807) is 6.07 Å². The molecule has 0 spiro atoms. The molecule has 1 aromatic carbocycles. The quantitative estimate of drug-likeness (QED) is 0.935. The molecular weight excluding hydrogens is 310 g/mol. The van der Waals surface area contributed by atoms with E-state index < -0.39 is 11.6 Å². The molecular formula is C18H22F2N4. The number of aromatic nitrogens is 3. The summed E-state index contributed by atoms with van der Waals surface area (Å²) in [6, 6.07) is 4.56. The van der Waals surface area contributed by atoms with Crippen LogP contribution in [0.15, 0.2) is 24.4 Å². The van der Waals surface area contributed by atoms with Gasteiger partial charge in [-0.25, -0.2) is 13.5 Å². The summed E-state index contributed by atoms with van der Waals surface area (Å²) in [5.41, 5.74) is 1.97. The third kappa shape index (κ3) is 3.07. The summed E-state index contributed by atoms with van der Waals surface area (Å²) >= 11 is 0. The SMILES string of the molecule is Fc1ccc(C2CCC(n3cc(C4CCNCC4)nn3)C2)cc1F. The third-order valence-electron chi connectivity index (χ3n) is 5.48. The van der Waals surface area contributed by atoms with E-state index in [9.17, 15) is 8.78 Å². The first-order valence-electron chi connectivity index (χ1n) is 8.78. The van der Waals surface area contributed by atoms with Crippen LogP contribution in [0.25, 0.3) is 0 Å². The Morgan fingerprint density at radius 2 is 1.83 bits per heavy atom. The largest absolute Gasteiger partial charge is 0.317 e. The lowest BCUT2D eigenvalue weighted by molar-refractivity contribution is 0.447. The lowest BCUT2D eigenvalue weighted by Gasteiger charge is -2.20. The van der Waals surface area contributed by atoms with Crippen molar-refractivity contribution in [3.63, 3.8) is 0 Å². The van der Waals surface area contributed by atoms with E-state index >= 15 is 0 Å². The van der Waals surface area contributed by atoms with Gasteiger partial charge < -0.3 is 5.32 Å². The fraction of sp³-hybridized carbons (Fsp3) is 0.556. The monoisotopic (exact) mass is 332 g/mol. The predicted octanol–water partition coefficient (Wildman–Crippen LogP) is 3.53. The highest BCUT2D eigenvalue weighted by molar-refractivity contribution is 5.23. The van der Waals surface area contributed by atoms with Crippen molar-refractivity contribution in [2.45, 2.75) is 50.0 Å². The molecule has 4 rings (SSSR count). The standard InChI is InChI=1S/C18H22F2N4/c19-16-4-2-14(10-17(16)20)13-1-3-15(9-13)24-11-18(22-23-24)12-5-7-21-8-6-12/h2,4,10-13,15,21H,1,3,5-9H2. The molecule has 0 radical (unpaired) electrons. The second-order valence-corrected chi connectivity index (χ2v) is 6.99. The highest BCUT2D eigenvalue weighted by Gasteiger charge is 2.29. The van der Waals surface area contributed by atoms with Crippen LogP contribution in [0.1, 0.15) is 61.2 Å². The van der Waals surface area contributed by atoms with Crippen molar-refractivity contribution in [1.29, 1.82) is 0 Å². The van der Waals surface area contributed by atoms with Gasteiger partial charge in [-0.2, -0.15) is 0 Å². The Labute approximate surface area is 140 Å².